The third kappa shape index (κ3) is 4.08. The molecule has 0 saturated heterocycles. The molecule has 1 heterocycles. The van der Waals surface area contributed by atoms with E-state index in [1.165, 1.54) is 31.4 Å². The number of benzene rings is 2. The van der Waals surface area contributed by atoms with Crippen LogP contribution in [0, 0.1) is 6.92 Å². The Labute approximate surface area is 173 Å². The number of anilines is 1. The van der Waals surface area contributed by atoms with E-state index in [-0.39, 0.29) is 29.1 Å². The van der Waals surface area contributed by atoms with Gasteiger partial charge in [0.05, 0.1) is 23.8 Å². The van der Waals surface area contributed by atoms with Crippen molar-refractivity contribution in [3.8, 4) is 0 Å². The van der Waals surface area contributed by atoms with Crippen molar-refractivity contribution in [1.82, 2.24) is 4.90 Å². The molecule has 1 aliphatic rings. The number of carbonyl (C=O) groups excluding carboxylic acids is 4. The van der Waals surface area contributed by atoms with Crippen LogP contribution in [0.15, 0.2) is 36.4 Å². The number of hydrogen-bond donors (Lipinski definition) is 1. The molecule has 3 rings (SSSR count). The first-order valence-electron chi connectivity index (χ1n) is 9.37. The first-order valence-corrected chi connectivity index (χ1v) is 9.37. The number of imide groups is 1. The van der Waals surface area contributed by atoms with E-state index < -0.39 is 17.8 Å². The maximum absolute atomic E-state index is 12.7. The van der Waals surface area contributed by atoms with Gasteiger partial charge in [0, 0.05) is 31.5 Å². The Morgan fingerprint density at radius 3 is 2.37 bits per heavy atom. The van der Waals surface area contributed by atoms with Gasteiger partial charge in [-0.25, -0.2) is 4.79 Å². The number of hydrogen-bond acceptors (Lipinski definition) is 6. The van der Waals surface area contributed by atoms with Gasteiger partial charge in [0.25, 0.3) is 17.7 Å². The summed E-state index contributed by atoms with van der Waals surface area (Å²) in [6, 6.07) is 9.23. The first kappa shape index (κ1) is 21.2. The highest BCUT2D eigenvalue weighted by atomic mass is 16.5. The van der Waals surface area contributed by atoms with Gasteiger partial charge in [-0.2, -0.15) is 0 Å². The van der Waals surface area contributed by atoms with Gasteiger partial charge in [-0.3, -0.25) is 19.3 Å². The monoisotopic (exact) mass is 410 g/mol. The van der Waals surface area contributed by atoms with Crippen molar-refractivity contribution in [2.24, 2.45) is 0 Å². The standard InChI is InChI=1S/C22H22N2O6/c1-13-5-6-15(22(28)30-3)12-18(13)23-19(25)14-7-8-16-17(11-14)21(27)24(20(16)26)9-4-10-29-2/h5-8,11-12H,4,9-10H2,1-3H3,(H,23,25). The number of ether oxygens (including phenoxy) is 2. The van der Waals surface area contributed by atoms with Crippen molar-refractivity contribution < 1.29 is 28.7 Å². The minimum absolute atomic E-state index is 0.199. The normalized spacial score (nSPS) is 12.7. The zero-order valence-electron chi connectivity index (χ0n) is 17.0. The molecule has 30 heavy (non-hydrogen) atoms. The molecule has 0 atom stereocenters. The van der Waals surface area contributed by atoms with E-state index in [1.807, 2.05) is 0 Å². The van der Waals surface area contributed by atoms with Crippen molar-refractivity contribution in [2.75, 3.05) is 32.7 Å². The predicted octanol–water partition coefficient (Wildman–Crippen LogP) is 2.67. The van der Waals surface area contributed by atoms with Crippen LogP contribution in [0.3, 0.4) is 0 Å². The molecule has 2 aromatic rings. The summed E-state index contributed by atoms with van der Waals surface area (Å²) in [4.78, 5) is 50.7. The minimum atomic E-state index is -0.513. The largest absolute Gasteiger partial charge is 0.465 e. The van der Waals surface area contributed by atoms with E-state index in [9.17, 15) is 19.2 Å². The van der Waals surface area contributed by atoms with Crippen molar-refractivity contribution >= 4 is 29.4 Å². The Morgan fingerprint density at radius 2 is 1.67 bits per heavy atom. The second-order valence-electron chi connectivity index (χ2n) is 6.84. The SMILES string of the molecule is COCCCN1C(=O)c2ccc(C(=O)Nc3cc(C(=O)OC)ccc3C)cc2C1=O. The van der Waals surface area contributed by atoms with Gasteiger partial charge < -0.3 is 14.8 Å². The quantitative estimate of drug-likeness (QED) is 0.428. The Morgan fingerprint density at radius 1 is 0.967 bits per heavy atom. The molecule has 0 saturated carbocycles. The lowest BCUT2D eigenvalue weighted by Gasteiger charge is -2.12. The Hall–Kier alpha value is -3.52. The molecule has 0 unspecified atom stereocenters. The molecule has 0 spiro atoms. The van der Waals surface area contributed by atoms with Crippen LogP contribution in [0.2, 0.25) is 0 Å². The molecule has 156 valence electrons. The number of rotatable bonds is 7. The number of esters is 1. The highest BCUT2D eigenvalue weighted by Gasteiger charge is 2.35. The molecule has 3 amide bonds. The van der Waals surface area contributed by atoms with Crippen LogP contribution in [-0.2, 0) is 9.47 Å². The van der Waals surface area contributed by atoms with Crippen LogP contribution in [0.1, 0.15) is 53.4 Å². The summed E-state index contributed by atoms with van der Waals surface area (Å²) in [5.41, 5.74) is 2.22. The van der Waals surface area contributed by atoms with Crippen LogP contribution in [0.4, 0.5) is 5.69 Å². The van der Waals surface area contributed by atoms with Crippen LogP contribution < -0.4 is 5.32 Å². The zero-order valence-corrected chi connectivity index (χ0v) is 17.0. The van der Waals surface area contributed by atoms with Gasteiger partial charge in [0.2, 0.25) is 0 Å². The second-order valence-corrected chi connectivity index (χ2v) is 6.84. The summed E-state index contributed by atoms with van der Waals surface area (Å²) >= 11 is 0. The fourth-order valence-electron chi connectivity index (χ4n) is 3.20. The number of aryl methyl sites for hydroxylation is 1. The van der Waals surface area contributed by atoms with Gasteiger partial charge in [-0.1, -0.05) is 6.07 Å². The fourth-order valence-corrected chi connectivity index (χ4v) is 3.20. The van der Waals surface area contributed by atoms with Gasteiger partial charge >= 0.3 is 5.97 Å². The molecule has 1 N–H and O–H groups in total. The molecule has 0 radical (unpaired) electrons. The van der Waals surface area contributed by atoms with E-state index in [0.717, 1.165) is 10.5 Å². The molecular formula is C22H22N2O6. The van der Waals surface area contributed by atoms with Crippen LogP contribution in [0.25, 0.3) is 0 Å². The average molecular weight is 410 g/mol. The number of fused-ring (bicyclic) bond motifs is 1. The Balaban J connectivity index is 1.81. The lowest BCUT2D eigenvalue weighted by atomic mass is 10.0. The van der Waals surface area contributed by atoms with Crippen molar-refractivity contribution in [3.63, 3.8) is 0 Å². The van der Waals surface area contributed by atoms with Crippen LogP contribution in [-0.4, -0.2) is 56.0 Å². The molecule has 8 heteroatoms. The van der Waals surface area contributed by atoms with Gasteiger partial charge in [0.1, 0.15) is 0 Å². The fraction of sp³-hybridized carbons (Fsp3) is 0.273. The van der Waals surface area contributed by atoms with E-state index in [4.69, 9.17) is 9.47 Å². The third-order valence-electron chi connectivity index (χ3n) is 4.87. The predicted molar refractivity (Wildman–Crippen MR) is 109 cm³/mol. The highest BCUT2D eigenvalue weighted by Crippen LogP contribution is 2.25. The van der Waals surface area contributed by atoms with E-state index >= 15 is 0 Å². The summed E-state index contributed by atoms with van der Waals surface area (Å²) in [6.07, 6.45) is 0.533. The summed E-state index contributed by atoms with van der Waals surface area (Å²) in [7, 11) is 2.83. The molecule has 0 bridgehead atoms. The maximum atomic E-state index is 12.7. The molecule has 1 aliphatic heterocycles. The van der Waals surface area contributed by atoms with Gasteiger partial charge in [0.15, 0.2) is 0 Å². The number of amides is 3. The lowest BCUT2D eigenvalue weighted by Crippen LogP contribution is -2.31. The second kappa shape index (κ2) is 8.87. The highest BCUT2D eigenvalue weighted by molar-refractivity contribution is 6.22. The summed E-state index contributed by atoms with van der Waals surface area (Å²) in [6.45, 7) is 2.48. The molecule has 0 aliphatic carbocycles. The van der Waals surface area contributed by atoms with Crippen LogP contribution >= 0.6 is 0 Å². The molecular weight excluding hydrogens is 388 g/mol. The lowest BCUT2D eigenvalue weighted by molar-refractivity contribution is 0.0597. The smallest absolute Gasteiger partial charge is 0.337 e. The number of nitrogens with one attached hydrogen (secondary N) is 1. The first-order chi connectivity index (χ1) is 14.4. The number of carbonyl (C=O) groups is 4. The topological polar surface area (TPSA) is 102 Å². The van der Waals surface area contributed by atoms with E-state index in [1.54, 1.807) is 26.2 Å². The number of nitrogens with zero attached hydrogens (tertiary/aromatic N) is 1. The Kier molecular flexibility index (Phi) is 6.27. The summed E-state index contributed by atoms with van der Waals surface area (Å²) < 4.78 is 9.67. The number of methoxy groups -OCH3 is 2. The minimum Gasteiger partial charge on any atom is -0.465 e. The average Bonchev–Trinajstić information content (AvgIpc) is 2.99. The van der Waals surface area contributed by atoms with Gasteiger partial charge in [-0.05, 0) is 49.2 Å². The van der Waals surface area contributed by atoms with Crippen molar-refractivity contribution in [3.05, 3.63) is 64.2 Å². The zero-order chi connectivity index (χ0) is 21.8. The molecule has 2 aromatic carbocycles. The van der Waals surface area contributed by atoms with Crippen LogP contribution in [0.5, 0.6) is 0 Å². The van der Waals surface area contributed by atoms with Gasteiger partial charge in [-0.15, -0.1) is 0 Å². The van der Waals surface area contributed by atoms with E-state index in [0.29, 0.717) is 24.3 Å². The summed E-state index contributed by atoms with van der Waals surface area (Å²) in [5, 5.41) is 2.74. The maximum Gasteiger partial charge on any atom is 0.337 e. The molecule has 0 fully saturated rings. The third-order valence-corrected chi connectivity index (χ3v) is 4.87. The molecule has 0 aromatic heterocycles. The Bertz CT molecular complexity index is 1030. The molecule has 8 nitrogen and oxygen atoms in total. The van der Waals surface area contributed by atoms with E-state index in [2.05, 4.69) is 5.32 Å². The summed E-state index contributed by atoms with van der Waals surface area (Å²) in [5.74, 6) is -1.77. The van der Waals surface area contributed by atoms with Crippen molar-refractivity contribution in [1.29, 1.82) is 0 Å². The van der Waals surface area contributed by atoms with Crippen molar-refractivity contribution in [2.45, 2.75) is 13.3 Å².